The van der Waals surface area contributed by atoms with Gasteiger partial charge in [-0.15, -0.1) is 5.10 Å². The second kappa shape index (κ2) is 9.05. The summed E-state index contributed by atoms with van der Waals surface area (Å²) in [6.07, 6.45) is 0.650. The SMILES string of the molecule is CCC(C(=O)Nc1snnc1C(=O)NCc1ccccc1)c1ccccc1. The van der Waals surface area contributed by atoms with E-state index < -0.39 is 0 Å². The Bertz CT molecular complexity index is 897. The fraction of sp³-hybridized carbons (Fsp3) is 0.200. The molecule has 0 bridgehead atoms. The molecule has 3 rings (SSSR count). The molecule has 0 spiro atoms. The van der Waals surface area contributed by atoms with E-state index in [1.165, 1.54) is 0 Å². The van der Waals surface area contributed by atoms with Crippen molar-refractivity contribution in [1.82, 2.24) is 14.9 Å². The van der Waals surface area contributed by atoms with Gasteiger partial charge in [-0.05, 0) is 17.5 Å². The van der Waals surface area contributed by atoms with Crippen molar-refractivity contribution in [2.75, 3.05) is 5.32 Å². The van der Waals surface area contributed by atoms with Gasteiger partial charge < -0.3 is 10.6 Å². The van der Waals surface area contributed by atoms with Gasteiger partial charge in [0, 0.05) is 18.1 Å². The number of benzene rings is 2. The van der Waals surface area contributed by atoms with Gasteiger partial charge in [0.25, 0.3) is 5.91 Å². The van der Waals surface area contributed by atoms with Gasteiger partial charge in [-0.3, -0.25) is 9.59 Å². The summed E-state index contributed by atoms with van der Waals surface area (Å²) in [5.74, 6) is -0.837. The number of amides is 2. The number of carbonyl (C=O) groups is 2. The highest BCUT2D eigenvalue weighted by molar-refractivity contribution is 7.10. The number of nitrogens with zero attached hydrogens (tertiary/aromatic N) is 2. The molecule has 3 aromatic rings. The van der Waals surface area contributed by atoms with Gasteiger partial charge in [0.1, 0.15) is 5.00 Å². The summed E-state index contributed by atoms with van der Waals surface area (Å²) in [5.41, 5.74) is 2.05. The van der Waals surface area contributed by atoms with Crippen molar-refractivity contribution in [3.8, 4) is 0 Å². The number of hydrogen-bond donors (Lipinski definition) is 2. The lowest BCUT2D eigenvalue weighted by molar-refractivity contribution is -0.117. The summed E-state index contributed by atoms with van der Waals surface area (Å²) >= 11 is 0.997. The molecule has 1 heterocycles. The Morgan fingerprint density at radius 1 is 1.04 bits per heavy atom. The third-order valence-corrected chi connectivity index (χ3v) is 4.80. The average Bonchev–Trinajstić information content (AvgIpc) is 3.16. The van der Waals surface area contributed by atoms with Crippen LogP contribution >= 0.6 is 11.5 Å². The second-order valence-corrected chi connectivity index (χ2v) is 6.73. The summed E-state index contributed by atoms with van der Waals surface area (Å²) in [5, 5.41) is 9.86. The van der Waals surface area contributed by atoms with Crippen LogP contribution in [-0.2, 0) is 11.3 Å². The Kier molecular flexibility index (Phi) is 6.27. The number of rotatable bonds is 7. The van der Waals surface area contributed by atoms with Gasteiger partial charge in [-0.2, -0.15) is 0 Å². The van der Waals surface area contributed by atoms with Crippen LogP contribution in [0.4, 0.5) is 5.00 Å². The molecule has 27 heavy (non-hydrogen) atoms. The van der Waals surface area contributed by atoms with Crippen LogP contribution < -0.4 is 10.6 Å². The fourth-order valence-corrected chi connectivity index (χ4v) is 3.31. The van der Waals surface area contributed by atoms with Crippen LogP contribution in [0.15, 0.2) is 60.7 Å². The maximum absolute atomic E-state index is 12.7. The van der Waals surface area contributed by atoms with E-state index in [9.17, 15) is 9.59 Å². The molecule has 6 nitrogen and oxygen atoms in total. The van der Waals surface area contributed by atoms with Crippen molar-refractivity contribution >= 4 is 28.3 Å². The Labute approximate surface area is 161 Å². The first-order valence-electron chi connectivity index (χ1n) is 8.69. The Balaban J connectivity index is 1.67. The summed E-state index contributed by atoms with van der Waals surface area (Å²) in [7, 11) is 0. The topological polar surface area (TPSA) is 84.0 Å². The summed E-state index contributed by atoms with van der Waals surface area (Å²) < 4.78 is 3.83. The third-order valence-electron chi connectivity index (χ3n) is 4.16. The summed E-state index contributed by atoms with van der Waals surface area (Å²) in [6, 6.07) is 19.2. The fourth-order valence-electron chi connectivity index (χ4n) is 2.74. The first kappa shape index (κ1) is 18.7. The highest BCUT2D eigenvalue weighted by Gasteiger charge is 2.23. The van der Waals surface area contributed by atoms with E-state index in [0.29, 0.717) is 18.0 Å². The van der Waals surface area contributed by atoms with Gasteiger partial charge in [0.15, 0.2) is 5.69 Å². The maximum Gasteiger partial charge on any atom is 0.275 e. The Morgan fingerprint density at radius 2 is 1.70 bits per heavy atom. The summed E-state index contributed by atoms with van der Waals surface area (Å²) in [4.78, 5) is 25.1. The van der Waals surface area contributed by atoms with Gasteiger partial charge in [-0.25, -0.2) is 0 Å². The molecule has 0 fully saturated rings. The van der Waals surface area contributed by atoms with Crippen LogP contribution in [0.1, 0.15) is 40.9 Å². The molecule has 1 unspecified atom stereocenters. The smallest absolute Gasteiger partial charge is 0.275 e. The predicted octanol–water partition coefficient (Wildman–Crippen LogP) is 3.60. The van der Waals surface area contributed by atoms with Crippen LogP contribution in [0, 0.1) is 0 Å². The highest BCUT2D eigenvalue weighted by Crippen LogP contribution is 2.24. The molecule has 138 valence electrons. The number of aromatic nitrogens is 2. The van der Waals surface area contributed by atoms with E-state index in [1.54, 1.807) is 0 Å². The first-order chi connectivity index (χ1) is 13.2. The Hall–Kier alpha value is -3.06. The number of carbonyl (C=O) groups excluding carboxylic acids is 2. The molecule has 0 saturated heterocycles. The molecule has 2 N–H and O–H groups in total. The molecule has 7 heteroatoms. The molecule has 0 aliphatic carbocycles. The van der Waals surface area contributed by atoms with E-state index in [-0.39, 0.29) is 23.4 Å². The molecular weight excluding hydrogens is 360 g/mol. The van der Waals surface area contributed by atoms with Crippen molar-refractivity contribution in [3.63, 3.8) is 0 Å². The van der Waals surface area contributed by atoms with E-state index in [4.69, 9.17) is 0 Å². The highest BCUT2D eigenvalue weighted by atomic mass is 32.1. The van der Waals surface area contributed by atoms with E-state index in [0.717, 1.165) is 22.7 Å². The molecule has 2 aromatic carbocycles. The van der Waals surface area contributed by atoms with Crippen molar-refractivity contribution in [2.24, 2.45) is 0 Å². The number of nitrogens with one attached hydrogen (secondary N) is 2. The standard InChI is InChI=1S/C20H20N4O2S/c1-2-16(15-11-7-4-8-12-15)18(25)22-20-17(23-24-27-20)19(26)21-13-14-9-5-3-6-10-14/h3-12,16H,2,13H2,1H3,(H,21,26)(H,22,25). The van der Waals surface area contributed by atoms with Gasteiger partial charge >= 0.3 is 0 Å². The number of hydrogen-bond acceptors (Lipinski definition) is 5. The largest absolute Gasteiger partial charge is 0.346 e. The average molecular weight is 380 g/mol. The first-order valence-corrected chi connectivity index (χ1v) is 9.46. The van der Waals surface area contributed by atoms with E-state index >= 15 is 0 Å². The van der Waals surface area contributed by atoms with Crippen LogP contribution in [0.25, 0.3) is 0 Å². The molecule has 0 radical (unpaired) electrons. The van der Waals surface area contributed by atoms with Gasteiger partial charge in [0.05, 0.1) is 5.92 Å². The Morgan fingerprint density at radius 3 is 2.37 bits per heavy atom. The molecule has 0 aliphatic heterocycles. The molecule has 0 saturated carbocycles. The lowest BCUT2D eigenvalue weighted by atomic mass is 9.96. The minimum atomic E-state index is -0.365. The zero-order valence-corrected chi connectivity index (χ0v) is 15.7. The van der Waals surface area contributed by atoms with Gasteiger partial charge in [0.2, 0.25) is 5.91 Å². The van der Waals surface area contributed by atoms with Crippen molar-refractivity contribution in [1.29, 1.82) is 0 Å². The number of anilines is 1. The van der Waals surface area contributed by atoms with Crippen LogP contribution in [0.3, 0.4) is 0 Å². The molecule has 1 atom stereocenters. The van der Waals surface area contributed by atoms with Crippen LogP contribution in [0.5, 0.6) is 0 Å². The lowest BCUT2D eigenvalue weighted by Gasteiger charge is -2.14. The lowest BCUT2D eigenvalue weighted by Crippen LogP contribution is -2.26. The summed E-state index contributed by atoms with van der Waals surface area (Å²) in [6.45, 7) is 2.34. The zero-order chi connectivity index (χ0) is 19.1. The minimum absolute atomic E-state index is 0.132. The van der Waals surface area contributed by atoms with Crippen molar-refractivity contribution in [2.45, 2.75) is 25.8 Å². The maximum atomic E-state index is 12.7. The van der Waals surface area contributed by atoms with E-state index in [2.05, 4.69) is 20.2 Å². The van der Waals surface area contributed by atoms with Crippen molar-refractivity contribution in [3.05, 3.63) is 77.5 Å². The normalized spacial score (nSPS) is 11.6. The minimum Gasteiger partial charge on any atom is -0.346 e. The quantitative estimate of drug-likeness (QED) is 0.656. The van der Waals surface area contributed by atoms with Crippen LogP contribution in [0.2, 0.25) is 0 Å². The third kappa shape index (κ3) is 4.77. The zero-order valence-electron chi connectivity index (χ0n) is 14.9. The predicted molar refractivity (Wildman–Crippen MR) is 106 cm³/mol. The van der Waals surface area contributed by atoms with E-state index in [1.807, 2.05) is 67.6 Å². The molecule has 0 aliphatic rings. The molecular formula is C20H20N4O2S. The second-order valence-electron chi connectivity index (χ2n) is 5.98. The molecule has 1 aromatic heterocycles. The van der Waals surface area contributed by atoms with Crippen LogP contribution in [-0.4, -0.2) is 21.4 Å². The van der Waals surface area contributed by atoms with Crippen molar-refractivity contribution < 1.29 is 9.59 Å². The monoisotopic (exact) mass is 380 g/mol. The molecule has 2 amide bonds. The van der Waals surface area contributed by atoms with Gasteiger partial charge in [-0.1, -0.05) is 72.1 Å².